The molecule has 0 aliphatic rings. The highest BCUT2D eigenvalue weighted by molar-refractivity contribution is 7.13. The molecule has 2 aromatic rings. The summed E-state index contributed by atoms with van der Waals surface area (Å²) < 4.78 is 5.68. The van der Waals surface area contributed by atoms with Crippen LogP contribution in [0.1, 0.15) is 26.5 Å². The Balaban J connectivity index is 1.89. The predicted molar refractivity (Wildman–Crippen MR) is 77.1 cm³/mol. The van der Waals surface area contributed by atoms with E-state index in [1.54, 1.807) is 11.3 Å². The number of thiophene rings is 1. The van der Waals surface area contributed by atoms with E-state index in [1.165, 1.54) is 0 Å². The second-order valence-corrected chi connectivity index (χ2v) is 6.25. The third-order valence-electron chi connectivity index (χ3n) is 2.34. The molecule has 0 aliphatic heterocycles. The molecule has 0 spiro atoms. The quantitative estimate of drug-likeness (QED) is 0.901. The standard InChI is InChI=1S/C14H18N2O2S/c1-14(2,3)16-13(17)15-9-10-6-7-11(18-10)12-5-4-8-19-12/h4-8H,9H2,1-3H3,(H2,15,16,17). The number of hydrogen-bond donors (Lipinski definition) is 2. The summed E-state index contributed by atoms with van der Waals surface area (Å²) in [5, 5.41) is 7.61. The highest BCUT2D eigenvalue weighted by Crippen LogP contribution is 2.26. The van der Waals surface area contributed by atoms with E-state index in [9.17, 15) is 4.79 Å². The molecule has 0 radical (unpaired) electrons. The van der Waals surface area contributed by atoms with Gasteiger partial charge in [-0.1, -0.05) is 6.07 Å². The average molecular weight is 278 g/mol. The minimum absolute atomic E-state index is 0.193. The zero-order valence-electron chi connectivity index (χ0n) is 11.3. The van der Waals surface area contributed by atoms with Gasteiger partial charge in [-0.25, -0.2) is 4.79 Å². The summed E-state index contributed by atoms with van der Waals surface area (Å²) in [7, 11) is 0. The Morgan fingerprint density at radius 1 is 1.32 bits per heavy atom. The van der Waals surface area contributed by atoms with Gasteiger partial charge in [0.2, 0.25) is 0 Å². The van der Waals surface area contributed by atoms with Gasteiger partial charge in [-0.3, -0.25) is 0 Å². The normalized spacial score (nSPS) is 11.3. The van der Waals surface area contributed by atoms with Gasteiger partial charge in [0.1, 0.15) is 11.5 Å². The van der Waals surface area contributed by atoms with Crippen molar-refractivity contribution in [1.82, 2.24) is 10.6 Å². The number of furan rings is 1. The average Bonchev–Trinajstić information content (AvgIpc) is 2.95. The van der Waals surface area contributed by atoms with Crippen LogP contribution >= 0.6 is 11.3 Å². The van der Waals surface area contributed by atoms with Gasteiger partial charge in [-0.15, -0.1) is 11.3 Å². The van der Waals surface area contributed by atoms with Gasteiger partial charge in [-0.05, 0) is 44.4 Å². The second-order valence-electron chi connectivity index (χ2n) is 5.30. The summed E-state index contributed by atoms with van der Waals surface area (Å²) in [6.45, 7) is 6.20. The molecule has 0 atom stereocenters. The summed E-state index contributed by atoms with van der Waals surface area (Å²) in [4.78, 5) is 12.7. The molecule has 0 aromatic carbocycles. The third kappa shape index (κ3) is 4.13. The molecule has 0 bridgehead atoms. The second kappa shape index (κ2) is 5.48. The highest BCUT2D eigenvalue weighted by Gasteiger charge is 2.13. The molecule has 2 heterocycles. The highest BCUT2D eigenvalue weighted by atomic mass is 32.1. The van der Waals surface area contributed by atoms with E-state index >= 15 is 0 Å². The first-order chi connectivity index (χ1) is 8.94. The third-order valence-corrected chi connectivity index (χ3v) is 3.22. The van der Waals surface area contributed by atoms with Crippen molar-refractivity contribution in [2.24, 2.45) is 0 Å². The van der Waals surface area contributed by atoms with Gasteiger partial charge >= 0.3 is 6.03 Å². The first-order valence-corrected chi connectivity index (χ1v) is 7.00. The Morgan fingerprint density at radius 3 is 2.74 bits per heavy atom. The zero-order chi connectivity index (χ0) is 13.9. The molecule has 5 heteroatoms. The smallest absolute Gasteiger partial charge is 0.315 e. The lowest BCUT2D eigenvalue weighted by molar-refractivity contribution is 0.230. The van der Waals surface area contributed by atoms with Gasteiger partial charge in [0.05, 0.1) is 11.4 Å². The number of urea groups is 1. The van der Waals surface area contributed by atoms with E-state index < -0.39 is 0 Å². The Hall–Kier alpha value is -1.75. The molecule has 0 saturated carbocycles. The summed E-state index contributed by atoms with van der Waals surface area (Å²) >= 11 is 1.63. The summed E-state index contributed by atoms with van der Waals surface area (Å²) in [5.74, 6) is 1.58. The largest absolute Gasteiger partial charge is 0.458 e. The van der Waals surface area contributed by atoms with Gasteiger partial charge in [-0.2, -0.15) is 0 Å². The lowest BCUT2D eigenvalue weighted by Gasteiger charge is -2.20. The monoisotopic (exact) mass is 278 g/mol. The molecule has 2 rings (SSSR count). The molecule has 0 fully saturated rings. The number of nitrogens with one attached hydrogen (secondary N) is 2. The predicted octanol–water partition coefficient (Wildman–Crippen LogP) is 3.61. The van der Waals surface area contributed by atoms with E-state index in [2.05, 4.69) is 10.6 Å². The van der Waals surface area contributed by atoms with E-state index in [-0.39, 0.29) is 11.6 Å². The maximum atomic E-state index is 11.6. The van der Waals surface area contributed by atoms with Crippen molar-refractivity contribution in [3.63, 3.8) is 0 Å². The number of hydrogen-bond acceptors (Lipinski definition) is 3. The number of rotatable bonds is 3. The summed E-state index contributed by atoms with van der Waals surface area (Å²) in [6.07, 6.45) is 0. The molecule has 19 heavy (non-hydrogen) atoms. The van der Waals surface area contributed by atoms with Gasteiger partial charge < -0.3 is 15.1 Å². The molecule has 2 aromatic heterocycles. The minimum Gasteiger partial charge on any atom is -0.458 e. The molecule has 102 valence electrons. The van der Waals surface area contributed by atoms with Crippen LogP contribution in [0.2, 0.25) is 0 Å². The van der Waals surface area contributed by atoms with E-state index in [4.69, 9.17) is 4.42 Å². The Morgan fingerprint density at radius 2 is 2.11 bits per heavy atom. The van der Waals surface area contributed by atoms with Crippen LogP contribution in [0.15, 0.2) is 34.1 Å². The van der Waals surface area contributed by atoms with Crippen molar-refractivity contribution in [3.05, 3.63) is 35.4 Å². The molecule has 2 N–H and O–H groups in total. The maximum absolute atomic E-state index is 11.6. The first kappa shape index (κ1) is 13.7. The summed E-state index contributed by atoms with van der Waals surface area (Å²) in [5.41, 5.74) is -0.241. The van der Waals surface area contributed by atoms with Crippen LogP contribution in [0.5, 0.6) is 0 Å². The van der Waals surface area contributed by atoms with E-state index in [1.807, 2.05) is 50.4 Å². The minimum atomic E-state index is -0.241. The fraction of sp³-hybridized carbons (Fsp3) is 0.357. The van der Waals surface area contributed by atoms with Crippen molar-refractivity contribution in [3.8, 4) is 10.6 Å². The lowest BCUT2D eigenvalue weighted by Crippen LogP contribution is -2.46. The summed E-state index contributed by atoms with van der Waals surface area (Å²) in [6, 6.07) is 7.60. The number of carbonyl (C=O) groups is 1. The van der Waals surface area contributed by atoms with Crippen LogP contribution in [0, 0.1) is 0 Å². The number of carbonyl (C=O) groups excluding carboxylic acids is 1. The zero-order valence-corrected chi connectivity index (χ0v) is 12.1. The van der Waals surface area contributed by atoms with Gasteiger partial charge in [0, 0.05) is 5.54 Å². The van der Waals surface area contributed by atoms with Crippen LogP contribution in [-0.4, -0.2) is 11.6 Å². The topological polar surface area (TPSA) is 54.3 Å². The van der Waals surface area contributed by atoms with Crippen LogP contribution in [0.4, 0.5) is 4.79 Å². The molecule has 4 nitrogen and oxygen atoms in total. The van der Waals surface area contributed by atoms with Crippen molar-refractivity contribution >= 4 is 17.4 Å². The van der Waals surface area contributed by atoms with Crippen molar-refractivity contribution in [2.75, 3.05) is 0 Å². The molecule has 0 saturated heterocycles. The fourth-order valence-electron chi connectivity index (χ4n) is 1.58. The molecular weight excluding hydrogens is 260 g/mol. The lowest BCUT2D eigenvalue weighted by atomic mass is 10.1. The first-order valence-electron chi connectivity index (χ1n) is 6.13. The van der Waals surface area contributed by atoms with E-state index in [0.717, 1.165) is 16.4 Å². The van der Waals surface area contributed by atoms with Crippen LogP contribution in [0.25, 0.3) is 10.6 Å². The van der Waals surface area contributed by atoms with E-state index in [0.29, 0.717) is 6.54 Å². The fourth-order valence-corrected chi connectivity index (χ4v) is 2.26. The van der Waals surface area contributed by atoms with Crippen LogP contribution < -0.4 is 10.6 Å². The molecule has 0 aliphatic carbocycles. The van der Waals surface area contributed by atoms with Crippen molar-refractivity contribution in [1.29, 1.82) is 0 Å². The Kier molecular flexibility index (Phi) is 3.95. The van der Waals surface area contributed by atoms with Crippen LogP contribution in [-0.2, 0) is 6.54 Å². The Labute approximate surface area is 116 Å². The molecular formula is C14H18N2O2S. The molecule has 0 unspecified atom stereocenters. The maximum Gasteiger partial charge on any atom is 0.315 e. The Bertz CT molecular complexity index is 538. The van der Waals surface area contributed by atoms with Crippen molar-refractivity contribution in [2.45, 2.75) is 32.9 Å². The van der Waals surface area contributed by atoms with Gasteiger partial charge in [0.15, 0.2) is 0 Å². The van der Waals surface area contributed by atoms with Crippen molar-refractivity contribution < 1.29 is 9.21 Å². The van der Waals surface area contributed by atoms with Crippen LogP contribution in [0.3, 0.4) is 0 Å². The SMILES string of the molecule is CC(C)(C)NC(=O)NCc1ccc(-c2cccs2)o1. The number of amides is 2. The molecule has 2 amide bonds. The van der Waals surface area contributed by atoms with Gasteiger partial charge in [0.25, 0.3) is 0 Å².